The minimum atomic E-state index is 0.0926. The minimum absolute atomic E-state index is 0.0926. The van der Waals surface area contributed by atoms with Crippen molar-refractivity contribution in [3.8, 4) is 0 Å². The quantitative estimate of drug-likeness (QED) is 0.532. The highest BCUT2D eigenvalue weighted by Gasteiger charge is 1.84. The lowest BCUT2D eigenvalue weighted by molar-refractivity contribution is -0.120. The predicted octanol–water partition coefficient (Wildman–Crippen LogP) is 0.107. The van der Waals surface area contributed by atoms with Crippen LogP contribution in [0.15, 0.2) is 0 Å². The Hall–Kier alpha value is -0.570. The summed E-state index contributed by atoms with van der Waals surface area (Å²) >= 11 is 0. The van der Waals surface area contributed by atoms with E-state index in [9.17, 15) is 4.79 Å². The highest BCUT2D eigenvalue weighted by Crippen LogP contribution is 1.68. The van der Waals surface area contributed by atoms with Gasteiger partial charge in [0, 0.05) is 13.5 Å². The largest absolute Gasteiger partial charge is 0.359 e. The highest BCUT2D eigenvalue weighted by atomic mass is 16.1. The fourth-order valence-electron chi connectivity index (χ4n) is 0.177. The van der Waals surface area contributed by atoms with Crippen molar-refractivity contribution in [1.29, 1.82) is 0 Å². The van der Waals surface area contributed by atoms with Crippen LogP contribution >= 0.6 is 0 Å². The SMILES string of the molecule is CCC(=O)NC.CCN. The average molecular weight is 132 g/mol. The van der Waals surface area contributed by atoms with Gasteiger partial charge in [-0.1, -0.05) is 13.8 Å². The molecular formula is C6H16N2O. The van der Waals surface area contributed by atoms with Crippen molar-refractivity contribution in [2.45, 2.75) is 20.3 Å². The summed E-state index contributed by atoms with van der Waals surface area (Å²) in [6.45, 7) is 4.47. The summed E-state index contributed by atoms with van der Waals surface area (Å²) in [5.74, 6) is 0.0926. The zero-order valence-corrected chi connectivity index (χ0v) is 6.40. The maximum Gasteiger partial charge on any atom is 0.219 e. The molecule has 0 aliphatic rings. The van der Waals surface area contributed by atoms with E-state index in [1.807, 2.05) is 13.8 Å². The lowest BCUT2D eigenvalue weighted by Gasteiger charge is -1.87. The van der Waals surface area contributed by atoms with Gasteiger partial charge < -0.3 is 11.1 Å². The van der Waals surface area contributed by atoms with Gasteiger partial charge in [-0.05, 0) is 6.54 Å². The lowest BCUT2D eigenvalue weighted by Crippen LogP contribution is -2.15. The first kappa shape index (κ1) is 11.3. The van der Waals surface area contributed by atoms with E-state index >= 15 is 0 Å². The van der Waals surface area contributed by atoms with Crippen molar-refractivity contribution in [3.05, 3.63) is 0 Å². The molecule has 0 aromatic rings. The Morgan fingerprint density at radius 1 is 1.56 bits per heavy atom. The van der Waals surface area contributed by atoms with Crippen LogP contribution in [0.4, 0.5) is 0 Å². The van der Waals surface area contributed by atoms with E-state index in [0.29, 0.717) is 6.42 Å². The normalized spacial score (nSPS) is 7.11. The number of nitrogens with one attached hydrogen (secondary N) is 1. The second-order valence-electron chi connectivity index (χ2n) is 1.43. The summed E-state index contributed by atoms with van der Waals surface area (Å²) in [4.78, 5) is 10.1. The number of rotatable bonds is 1. The number of carbonyl (C=O) groups excluding carboxylic acids is 1. The van der Waals surface area contributed by atoms with Gasteiger partial charge in [0.2, 0.25) is 5.91 Å². The van der Waals surface area contributed by atoms with Crippen LogP contribution < -0.4 is 11.1 Å². The van der Waals surface area contributed by atoms with E-state index < -0.39 is 0 Å². The van der Waals surface area contributed by atoms with Crippen LogP contribution in [-0.4, -0.2) is 19.5 Å². The maximum absolute atomic E-state index is 10.1. The monoisotopic (exact) mass is 132 g/mol. The maximum atomic E-state index is 10.1. The number of amides is 1. The van der Waals surface area contributed by atoms with Crippen molar-refractivity contribution in [2.75, 3.05) is 13.6 Å². The first-order chi connectivity index (χ1) is 4.22. The smallest absolute Gasteiger partial charge is 0.219 e. The molecule has 1 amide bonds. The molecule has 0 aromatic carbocycles. The molecule has 0 rings (SSSR count). The third-order valence-corrected chi connectivity index (χ3v) is 0.600. The summed E-state index contributed by atoms with van der Waals surface area (Å²) in [5.41, 5.74) is 4.85. The molecule has 3 heteroatoms. The van der Waals surface area contributed by atoms with E-state index in [1.54, 1.807) is 7.05 Å². The number of hydrogen-bond donors (Lipinski definition) is 2. The van der Waals surface area contributed by atoms with Crippen molar-refractivity contribution < 1.29 is 4.79 Å². The molecular weight excluding hydrogens is 116 g/mol. The summed E-state index contributed by atoms with van der Waals surface area (Å²) in [6.07, 6.45) is 0.580. The topological polar surface area (TPSA) is 55.1 Å². The van der Waals surface area contributed by atoms with Crippen LogP contribution in [0.2, 0.25) is 0 Å². The first-order valence-electron chi connectivity index (χ1n) is 3.13. The Morgan fingerprint density at radius 2 is 1.89 bits per heavy atom. The molecule has 0 saturated carbocycles. The number of hydrogen-bond acceptors (Lipinski definition) is 2. The summed E-state index contributed by atoms with van der Waals surface area (Å²) in [5, 5.41) is 2.48. The van der Waals surface area contributed by atoms with Crippen LogP contribution in [0.3, 0.4) is 0 Å². The number of nitrogens with two attached hydrogens (primary N) is 1. The molecule has 0 unspecified atom stereocenters. The molecule has 56 valence electrons. The minimum Gasteiger partial charge on any atom is -0.359 e. The van der Waals surface area contributed by atoms with E-state index in [4.69, 9.17) is 5.73 Å². The first-order valence-corrected chi connectivity index (χ1v) is 3.13. The average Bonchev–Trinajstić information content (AvgIpc) is 1.88. The number of carbonyl (C=O) groups is 1. The van der Waals surface area contributed by atoms with Crippen molar-refractivity contribution >= 4 is 5.91 Å². The summed E-state index contributed by atoms with van der Waals surface area (Å²) < 4.78 is 0. The van der Waals surface area contributed by atoms with E-state index in [0.717, 1.165) is 6.54 Å². The molecule has 0 radical (unpaired) electrons. The molecule has 0 aliphatic heterocycles. The molecule has 0 bridgehead atoms. The van der Waals surface area contributed by atoms with E-state index in [1.165, 1.54) is 0 Å². The molecule has 0 heterocycles. The second-order valence-corrected chi connectivity index (χ2v) is 1.43. The Balaban J connectivity index is 0. The van der Waals surface area contributed by atoms with Gasteiger partial charge in [0.25, 0.3) is 0 Å². The Labute approximate surface area is 56.6 Å². The molecule has 3 nitrogen and oxygen atoms in total. The van der Waals surface area contributed by atoms with Gasteiger partial charge in [-0.15, -0.1) is 0 Å². The molecule has 0 spiro atoms. The zero-order valence-electron chi connectivity index (χ0n) is 6.40. The van der Waals surface area contributed by atoms with Gasteiger partial charge in [0.1, 0.15) is 0 Å². The molecule has 0 fully saturated rings. The van der Waals surface area contributed by atoms with Crippen molar-refractivity contribution in [2.24, 2.45) is 5.73 Å². The third kappa shape index (κ3) is 18.6. The lowest BCUT2D eigenvalue weighted by atomic mass is 10.5. The van der Waals surface area contributed by atoms with Crippen LogP contribution in [0.5, 0.6) is 0 Å². The molecule has 0 aliphatic carbocycles. The summed E-state index contributed by atoms with van der Waals surface area (Å²) in [7, 11) is 1.63. The second kappa shape index (κ2) is 10.4. The predicted molar refractivity (Wildman–Crippen MR) is 39.1 cm³/mol. The third-order valence-electron chi connectivity index (χ3n) is 0.600. The standard InChI is InChI=1S/C4H9NO.C2H7N/c1-3-4(6)5-2;1-2-3/h3H2,1-2H3,(H,5,6);2-3H2,1H3. The van der Waals surface area contributed by atoms with E-state index in [-0.39, 0.29) is 5.91 Å². The van der Waals surface area contributed by atoms with Crippen LogP contribution in [0.25, 0.3) is 0 Å². The molecule has 0 atom stereocenters. The Kier molecular flexibility index (Phi) is 13.0. The fraction of sp³-hybridized carbons (Fsp3) is 0.833. The highest BCUT2D eigenvalue weighted by molar-refractivity contribution is 5.74. The van der Waals surface area contributed by atoms with Gasteiger partial charge in [-0.25, -0.2) is 0 Å². The molecule has 0 saturated heterocycles. The fourth-order valence-corrected chi connectivity index (χ4v) is 0.177. The van der Waals surface area contributed by atoms with Crippen LogP contribution in [-0.2, 0) is 4.79 Å². The van der Waals surface area contributed by atoms with Gasteiger partial charge in [0.05, 0.1) is 0 Å². The van der Waals surface area contributed by atoms with Gasteiger partial charge >= 0.3 is 0 Å². The van der Waals surface area contributed by atoms with E-state index in [2.05, 4.69) is 5.32 Å². The zero-order chi connectivity index (χ0) is 7.70. The summed E-state index contributed by atoms with van der Waals surface area (Å²) in [6, 6.07) is 0. The molecule has 9 heavy (non-hydrogen) atoms. The van der Waals surface area contributed by atoms with Crippen LogP contribution in [0.1, 0.15) is 20.3 Å². The Morgan fingerprint density at radius 3 is 1.89 bits per heavy atom. The Bertz CT molecular complexity index is 58.1. The molecule has 0 aromatic heterocycles. The van der Waals surface area contributed by atoms with Crippen molar-refractivity contribution in [3.63, 3.8) is 0 Å². The van der Waals surface area contributed by atoms with Crippen LogP contribution in [0, 0.1) is 0 Å². The molecule has 3 N–H and O–H groups in total. The van der Waals surface area contributed by atoms with Gasteiger partial charge in [0.15, 0.2) is 0 Å². The van der Waals surface area contributed by atoms with Gasteiger partial charge in [-0.3, -0.25) is 4.79 Å². The van der Waals surface area contributed by atoms with Crippen molar-refractivity contribution in [1.82, 2.24) is 5.32 Å². The van der Waals surface area contributed by atoms with Gasteiger partial charge in [-0.2, -0.15) is 0 Å².